The van der Waals surface area contributed by atoms with Gasteiger partial charge in [0.05, 0.1) is 26.3 Å². The van der Waals surface area contributed by atoms with Gasteiger partial charge >= 0.3 is 0 Å². The first-order valence-electron chi connectivity index (χ1n) is 11.5. The number of carbonyl (C=O) groups excluding carboxylic acids is 2. The number of rotatable bonds is 11. The Morgan fingerprint density at radius 2 is 1.61 bits per heavy atom. The number of benzene rings is 2. The second-order valence-corrected chi connectivity index (χ2v) is 8.33. The zero-order chi connectivity index (χ0) is 23.5. The zero-order valence-electron chi connectivity index (χ0n) is 19.6. The lowest BCUT2D eigenvalue weighted by Gasteiger charge is -2.28. The standard InChI is InChI=1S/C25H35N5O3/c1-28(19-24(31)26-13-6-14-29(2)22-7-4-3-5-8-22)20-25(32)27-21-9-11-23(12-10-21)30-15-17-33-18-16-30/h3-5,7-12H,6,13-20H2,1-2H3,(H,26,31)(H,27,32). The topological polar surface area (TPSA) is 77.2 Å². The Balaban J connectivity index is 1.31. The largest absolute Gasteiger partial charge is 0.378 e. The van der Waals surface area contributed by atoms with E-state index in [1.165, 1.54) is 0 Å². The maximum Gasteiger partial charge on any atom is 0.238 e. The Morgan fingerprint density at radius 3 is 2.30 bits per heavy atom. The van der Waals surface area contributed by atoms with Crippen LogP contribution in [-0.4, -0.2) is 83.3 Å². The van der Waals surface area contributed by atoms with Crippen molar-refractivity contribution in [3.8, 4) is 0 Å². The minimum atomic E-state index is -0.145. The lowest BCUT2D eigenvalue weighted by molar-refractivity contribution is -0.122. The van der Waals surface area contributed by atoms with Crippen LogP contribution in [0.5, 0.6) is 0 Å². The van der Waals surface area contributed by atoms with E-state index < -0.39 is 0 Å². The lowest BCUT2D eigenvalue weighted by atomic mass is 10.2. The molecule has 1 fully saturated rings. The molecule has 2 aromatic carbocycles. The number of nitrogens with zero attached hydrogens (tertiary/aromatic N) is 3. The molecule has 1 saturated heterocycles. The molecule has 2 N–H and O–H groups in total. The highest BCUT2D eigenvalue weighted by Gasteiger charge is 2.13. The summed E-state index contributed by atoms with van der Waals surface area (Å²) in [5.74, 6) is -0.226. The van der Waals surface area contributed by atoms with Gasteiger partial charge in [-0.15, -0.1) is 0 Å². The summed E-state index contributed by atoms with van der Waals surface area (Å²) < 4.78 is 5.38. The van der Waals surface area contributed by atoms with Crippen molar-refractivity contribution < 1.29 is 14.3 Å². The molecule has 1 aliphatic rings. The molecule has 0 atom stereocenters. The Morgan fingerprint density at radius 1 is 0.939 bits per heavy atom. The highest BCUT2D eigenvalue weighted by Crippen LogP contribution is 2.19. The van der Waals surface area contributed by atoms with Gasteiger partial charge in [0.15, 0.2) is 0 Å². The van der Waals surface area contributed by atoms with Crippen LogP contribution < -0.4 is 20.4 Å². The van der Waals surface area contributed by atoms with Crippen LogP contribution in [0.15, 0.2) is 54.6 Å². The Kier molecular flexibility index (Phi) is 9.53. The molecule has 0 aromatic heterocycles. The number of carbonyl (C=O) groups is 2. The summed E-state index contributed by atoms with van der Waals surface area (Å²) in [4.78, 5) is 30.7. The van der Waals surface area contributed by atoms with Crippen LogP contribution in [0, 0.1) is 0 Å². The third-order valence-electron chi connectivity index (χ3n) is 5.54. The van der Waals surface area contributed by atoms with E-state index in [0.29, 0.717) is 6.54 Å². The number of para-hydroxylation sites is 1. The van der Waals surface area contributed by atoms with Crippen molar-refractivity contribution in [1.29, 1.82) is 0 Å². The van der Waals surface area contributed by atoms with Crippen molar-refractivity contribution in [2.75, 3.05) is 81.7 Å². The molecule has 1 heterocycles. The fraction of sp³-hybridized carbons (Fsp3) is 0.440. The van der Waals surface area contributed by atoms with E-state index >= 15 is 0 Å². The highest BCUT2D eigenvalue weighted by molar-refractivity contribution is 5.92. The van der Waals surface area contributed by atoms with Gasteiger partial charge in [-0.3, -0.25) is 14.5 Å². The highest BCUT2D eigenvalue weighted by atomic mass is 16.5. The number of hydrogen-bond acceptors (Lipinski definition) is 6. The van der Waals surface area contributed by atoms with E-state index in [0.717, 1.165) is 56.3 Å². The summed E-state index contributed by atoms with van der Waals surface area (Å²) in [5, 5.41) is 5.82. The van der Waals surface area contributed by atoms with E-state index in [2.05, 4.69) is 32.6 Å². The fourth-order valence-electron chi connectivity index (χ4n) is 3.74. The van der Waals surface area contributed by atoms with Crippen LogP contribution in [0.3, 0.4) is 0 Å². The smallest absolute Gasteiger partial charge is 0.238 e. The van der Waals surface area contributed by atoms with Gasteiger partial charge in [0.25, 0.3) is 0 Å². The van der Waals surface area contributed by atoms with E-state index in [9.17, 15) is 9.59 Å². The third-order valence-corrected chi connectivity index (χ3v) is 5.54. The number of anilines is 3. The van der Waals surface area contributed by atoms with E-state index in [4.69, 9.17) is 4.74 Å². The van der Waals surface area contributed by atoms with Crippen LogP contribution in [0.1, 0.15) is 6.42 Å². The first kappa shape index (κ1) is 24.5. The van der Waals surface area contributed by atoms with E-state index in [-0.39, 0.29) is 24.9 Å². The molecule has 178 valence electrons. The van der Waals surface area contributed by atoms with Crippen molar-refractivity contribution in [2.24, 2.45) is 0 Å². The van der Waals surface area contributed by atoms with Gasteiger partial charge in [-0.2, -0.15) is 0 Å². The van der Waals surface area contributed by atoms with Crippen LogP contribution in [0.2, 0.25) is 0 Å². The molecule has 0 unspecified atom stereocenters. The first-order valence-corrected chi connectivity index (χ1v) is 11.5. The van der Waals surface area contributed by atoms with Crippen molar-refractivity contribution >= 4 is 28.9 Å². The zero-order valence-corrected chi connectivity index (χ0v) is 19.6. The molecule has 3 rings (SSSR count). The van der Waals surface area contributed by atoms with E-state index in [1.807, 2.05) is 49.5 Å². The Bertz CT molecular complexity index is 869. The number of morpholine rings is 1. The Hall–Kier alpha value is -3.10. The number of ether oxygens (including phenoxy) is 1. The molecule has 0 spiro atoms. The quantitative estimate of drug-likeness (QED) is 0.507. The summed E-state index contributed by atoms with van der Waals surface area (Å²) in [6, 6.07) is 18.0. The molecule has 0 radical (unpaired) electrons. The molecule has 0 aliphatic carbocycles. The van der Waals surface area contributed by atoms with Gasteiger partial charge in [-0.05, 0) is 49.9 Å². The average molecular weight is 454 g/mol. The van der Waals surface area contributed by atoms with Crippen LogP contribution in [-0.2, 0) is 14.3 Å². The second-order valence-electron chi connectivity index (χ2n) is 8.33. The van der Waals surface area contributed by atoms with Gasteiger partial charge in [0, 0.05) is 50.3 Å². The number of nitrogens with one attached hydrogen (secondary N) is 2. The van der Waals surface area contributed by atoms with Crippen LogP contribution >= 0.6 is 0 Å². The fourth-order valence-corrected chi connectivity index (χ4v) is 3.74. The molecule has 1 aliphatic heterocycles. The maximum atomic E-state index is 12.3. The predicted octanol–water partition coefficient (Wildman–Crippen LogP) is 2.04. The number of likely N-dealkylation sites (N-methyl/N-ethyl adjacent to an activating group) is 1. The summed E-state index contributed by atoms with van der Waals surface area (Å²) in [6.45, 7) is 5.02. The summed E-state index contributed by atoms with van der Waals surface area (Å²) in [7, 11) is 3.81. The normalized spacial score (nSPS) is 13.6. The summed E-state index contributed by atoms with van der Waals surface area (Å²) in [6.07, 6.45) is 0.849. The predicted molar refractivity (Wildman–Crippen MR) is 133 cm³/mol. The lowest BCUT2D eigenvalue weighted by Crippen LogP contribution is -2.39. The van der Waals surface area contributed by atoms with Gasteiger partial charge in [-0.1, -0.05) is 18.2 Å². The van der Waals surface area contributed by atoms with Crippen molar-refractivity contribution in [2.45, 2.75) is 6.42 Å². The Labute approximate surface area is 196 Å². The van der Waals surface area contributed by atoms with Gasteiger partial charge in [0.2, 0.25) is 11.8 Å². The van der Waals surface area contributed by atoms with Crippen LogP contribution in [0.25, 0.3) is 0 Å². The third kappa shape index (κ3) is 8.40. The minimum Gasteiger partial charge on any atom is -0.378 e. The summed E-state index contributed by atoms with van der Waals surface area (Å²) >= 11 is 0. The average Bonchev–Trinajstić information content (AvgIpc) is 2.83. The molecule has 8 nitrogen and oxygen atoms in total. The molecule has 33 heavy (non-hydrogen) atoms. The van der Waals surface area contributed by atoms with Gasteiger partial charge in [-0.25, -0.2) is 0 Å². The molecule has 8 heteroatoms. The molecular weight excluding hydrogens is 418 g/mol. The van der Waals surface area contributed by atoms with Crippen molar-refractivity contribution in [3.05, 3.63) is 54.6 Å². The first-order chi connectivity index (χ1) is 16.0. The minimum absolute atomic E-state index is 0.0810. The van der Waals surface area contributed by atoms with E-state index in [1.54, 1.807) is 11.9 Å². The van der Waals surface area contributed by atoms with Crippen molar-refractivity contribution in [3.63, 3.8) is 0 Å². The number of hydrogen-bond donors (Lipinski definition) is 2. The van der Waals surface area contributed by atoms with Gasteiger partial charge in [0.1, 0.15) is 0 Å². The SMILES string of the molecule is CN(CC(=O)NCCCN(C)c1ccccc1)CC(=O)Nc1ccc(N2CCOCC2)cc1. The monoisotopic (exact) mass is 453 g/mol. The molecule has 0 saturated carbocycles. The van der Waals surface area contributed by atoms with Crippen LogP contribution in [0.4, 0.5) is 17.1 Å². The van der Waals surface area contributed by atoms with Gasteiger partial charge < -0.3 is 25.2 Å². The molecular formula is C25H35N5O3. The summed E-state index contributed by atoms with van der Waals surface area (Å²) in [5.41, 5.74) is 3.03. The maximum absolute atomic E-state index is 12.3. The number of amides is 2. The molecule has 2 aromatic rings. The second kappa shape index (κ2) is 12.8. The molecule has 2 amide bonds. The molecule has 0 bridgehead atoms. The van der Waals surface area contributed by atoms with Crippen molar-refractivity contribution in [1.82, 2.24) is 10.2 Å².